The summed E-state index contributed by atoms with van der Waals surface area (Å²) in [5, 5.41) is 12.0. The number of rotatable bonds is 5. The molecule has 2 amide bonds. The summed E-state index contributed by atoms with van der Waals surface area (Å²) < 4.78 is 0. The molecule has 0 atom stereocenters. The van der Waals surface area contributed by atoms with Crippen molar-refractivity contribution in [3.63, 3.8) is 0 Å². The summed E-state index contributed by atoms with van der Waals surface area (Å²) in [5.41, 5.74) is 0.656. The maximum absolute atomic E-state index is 12.1. The van der Waals surface area contributed by atoms with Gasteiger partial charge in [-0.1, -0.05) is 31.5 Å². The van der Waals surface area contributed by atoms with E-state index in [9.17, 15) is 4.79 Å². The average molecular weight is 280 g/mol. The molecular weight excluding hydrogens is 262 g/mol. The number of hydrogen-bond donors (Lipinski definition) is 1. The van der Waals surface area contributed by atoms with Gasteiger partial charge in [0.25, 0.3) is 0 Å². The molecule has 0 aliphatic rings. The lowest BCUT2D eigenvalue weighted by Crippen LogP contribution is -2.38. The zero-order chi connectivity index (χ0) is 14.3. The number of hydrogen-bond acceptors (Lipinski definition) is 2. The average Bonchev–Trinajstić information content (AvgIpc) is 2.34. The van der Waals surface area contributed by atoms with Gasteiger partial charge in [0, 0.05) is 23.8 Å². The topological polar surface area (TPSA) is 56.1 Å². The molecule has 19 heavy (non-hydrogen) atoms. The Morgan fingerprint density at radius 2 is 2.26 bits per heavy atom. The molecule has 0 aliphatic carbocycles. The van der Waals surface area contributed by atoms with Crippen LogP contribution in [0.5, 0.6) is 0 Å². The summed E-state index contributed by atoms with van der Waals surface area (Å²) in [7, 11) is 0. The van der Waals surface area contributed by atoms with Crippen LogP contribution in [-0.4, -0.2) is 24.0 Å². The standard InChI is InChI=1S/C14H18ClN3O/c1-11(2)10-18(8-4-7-16)14(19)17-13-6-3-5-12(15)9-13/h3,5-6,9,11H,4,8,10H2,1-2H3,(H,17,19). The molecule has 0 spiro atoms. The Morgan fingerprint density at radius 3 is 2.84 bits per heavy atom. The number of nitriles is 1. The minimum absolute atomic E-state index is 0.203. The molecule has 0 saturated heterocycles. The van der Waals surface area contributed by atoms with Gasteiger partial charge in [0.05, 0.1) is 12.5 Å². The van der Waals surface area contributed by atoms with Crippen LogP contribution >= 0.6 is 11.6 Å². The monoisotopic (exact) mass is 279 g/mol. The van der Waals surface area contributed by atoms with Crippen LogP contribution in [0.25, 0.3) is 0 Å². The van der Waals surface area contributed by atoms with Crippen LogP contribution in [0.3, 0.4) is 0 Å². The Balaban J connectivity index is 2.68. The van der Waals surface area contributed by atoms with Crippen molar-refractivity contribution in [2.75, 3.05) is 18.4 Å². The van der Waals surface area contributed by atoms with Crippen molar-refractivity contribution in [2.24, 2.45) is 5.92 Å². The molecule has 0 saturated carbocycles. The predicted octanol–water partition coefficient (Wildman–Crippen LogP) is 3.74. The van der Waals surface area contributed by atoms with Crippen LogP contribution in [-0.2, 0) is 0 Å². The lowest BCUT2D eigenvalue weighted by molar-refractivity contribution is 0.206. The molecule has 0 radical (unpaired) electrons. The second kappa shape index (κ2) is 7.65. The zero-order valence-corrected chi connectivity index (χ0v) is 11.9. The fourth-order valence-corrected chi connectivity index (χ4v) is 1.86. The third-order valence-electron chi connectivity index (χ3n) is 2.44. The predicted molar refractivity (Wildman–Crippen MR) is 77.1 cm³/mol. The molecule has 1 rings (SSSR count). The number of carbonyl (C=O) groups excluding carboxylic acids is 1. The highest BCUT2D eigenvalue weighted by molar-refractivity contribution is 6.30. The number of nitrogens with one attached hydrogen (secondary N) is 1. The molecular formula is C14H18ClN3O. The van der Waals surface area contributed by atoms with Crippen LogP contribution in [0.15, 0.2) is 24.3 Å². The van der Waals surface area contributed by atoms with E-state index in [4.69, 9.17) is 16.9 Å². The second-order valence-corrected chi connectivity index (χ2v) is 5.12. The molecule has 0 fully saturated rings. The minimum Gasteiger partial charge on any atom is -0.323 e. The Bertz CT molecular complexity index is 468. The Kier molecular flexibility index (Phi) is 6.17. The first kappa shape index (κ1) is 15.3. The van der Waals surface area contributed by atoms with Gasteiger partial charge in [-0.3, -0.25) is 0 Å². The number of nitrogens with zero attached hydrogens (tertiary/aromatic N) is 2. The molecule has 0 unspecified atom stereocenters. The van der Waals surface area contributed by atoms with Gasteiger partial charge in [0.1, 0.15) is 0 Å². The fourth-order valence-electron chi connectivity index (χ4n) is 1.67. The van der Waals surface area contributed by atoms with Crippen molar-refractivity contribution >= 4 is 23.3 Å². The molecule has 4 nitrogen and oxygen atoms in total. The van der Waals surface area contributed by atoms with Gasteiger partial charge in [-0.15, -0.1) is 0 Å². The molecule has 102 valence electrons. The van der Waals surface area contributed by atoms with E-state index in [0.29, 0.717) is 36.1 Å². The smallest absolute Gasteiger partial charge is 0.321 e. The Morgan fingerprint density at radius 1 is 1.53 bits per heavy atom. The van der Waals surface area contributed by atoms with E-state index in [1.165, 1.54) is 0 Å². The molecule has 1 N–H and O–H groups in total. The van der Waals surface area contributed by atoms with Crippen molar-refractivity contribution < 1.29 is 4.79 Å². The number of halogens is 1. The maximum atomic E-state index is 12.1. The quantitative estimate of drug-likeness (QED) is 0.892. The lowest BCUT2D eigenvalue weighted by atomic mass is 10.2. The molecule has 0 aromatic heterocycles. The first-order valence-electron chi connectivity index (χ1n) is 6.21. The van der Waals surface area contributed by atoms with Gasteiger partial charge >= 0.3 is 6.03 Å². The summed E-state index contributed by atoms with van der Waals surface area (Å²) in [6, 6.07) is 8.85. The van der Waals surface area contributed by atoms with Crippen LogP contribution in [0.2, 0.25) is 5.02 Å². The van der Waals surface area contributed by atoms with Crippen molar-refractivity contribution in [3.05, 3.63) is 29.3 Å². The maximum Gasteiger partial charge on any atom is 0.321 e. The number of amides is 2. The first-order chi connectivity index (χ1) is 9.02. The summed E-state index contributed by atoms with van der Waals surface area (Å²) in [4.78, 5) is 13.8. The highest BCUT2D eigenvalue weighted by Crippen LogP contribution is 2.15. The third-order valence-corrected chi connectivity index (χ3v) is 2.68. The SMILES string of the molecule is CC(C)CN(CCC#N)C(=O)Nc1cccc(Cl)c1. The van der Waals surface area contributed by atoms with Gasteiger partial charge < -0.3 is 10.2 Å². The normalized spacial score (nSPS) is 10.1. The molecule has 1 aromatic carbocycles. The number of urea groups is 1. The van der Waals surface area contributed by atoms with E-state index >= 15 is 0 Å². The number of anilines is 1. The summed E-state index contributed by atoms with van der Waals surface area (Å²) >= 11 is 5.87. The zero-order valence-electron chi connectivity index (χ0n) is 11.2. The minimum atomic E-state index is -0.203. The van der Waals surface area contributed by atoms with Crippen molar-refractivity contribution in [3.8, 4) is 6.07 Å². The molecule has 1 aromatic rings. The van der Waals surface area contributed by atoms with Crippen LogP contribution < -0.4 is 5.32 Å². The summed E-state index contributed by atoms with van der Waals surface area (Å²) in [6.07, 6.45) is 0.329. The van der Waals surface area contributed by atoms with Crippen LogP contribution in [0, 0.1) is 17.2 Å². The highest BCUT2D eigenvalue weighted by Gasteiger charge is 2.14. The number of benzene rings is 1. The van der Waals surface area contributed by atoms with Crippen molar-refractivity contribution in [1.29, 1.82) is 5.26 Å². The largest absolute Gasteiger partial charge is 0.323 e. The molecule has 0 aliphatic heterocycles. The van der Waals surface area contributed by atoms with E-state index in [1.54, 1.807) is 29.2 Å². The van der Waals surface area contributed by atoms with Crippen molar-refractivity contribution in [2.45, 2.75) is 20.3 Å². The molecule has 0 bridgehead atoms. The Hall–Kier alpha value is -1.73. The Labute approximate surface area is 119 Å². The summed E-state index contributed by atoms with van der Waals surface area (Å²) in [5.74, 6) is 0.351. The fraction of sp³-hybridized carbons (Fsp3) is 0.429. The summed E-state index contributed by atoms with van der Waals surface area (Å²) in [6.45, 7) is 5.12. The molecule has 0 heterocycles. The van der Waals surface area contributed by atoms with Crippen LogP contribution in [0.1, 0.15) is 20.3 Å². The van der Waals surface area contributed by atoms with Gasteiger partial charge in [-0.25, -0.2) is 4.79 Å². The van der Waals surface area contributed by atoms with Gasteiger partial charge in [-0.05, 0) is 24.1 Å². The van der Waals surface area contributed by atoms with E-state index in [2.05, 4.69) is 11.4 Å². The van der Waals surface area contributed by atoms with E-state index in [-0.39, 0.29) is 6.03 Å². The lowest BCUT2D eigenvalue weighted by Gasteiger charge is -2.24. The van der Waals surface area contributed by atoms with E-state index in [0.717, 1.165) is 0 Å². The molecule has 5 heteroatoms. The van der Waals surface area contributed by atoms with E-state index in [1.807, 2.05) is 13.8 Å². The second-order valence-electron chi connectivity index (χ2n) is 4.69. The number of carbonyl (C=O) groups is 1. The third kappa shape index (κ3) is 5.62. The highest BCUT2D eigenvalue weighted by atomic mass is 35.5. The van der Waals surface area contributed by atoms with Gasteiger partial charge in [0.15, 0.2) is 0 Å². The van der Waals surface area contributed by atoms with Crippen molar-refractivity contribution in [1.82, 2.24) is 4.90 Å². The first-order valence-corrected chi connectivity index (χ1v) is 6.59. The van der Waals surface area contributed by atoms with Gasteiger partial charge in [0.2, 0.25) is 0 Å². The van der Waals surface area contributed by atoms with E-state index < -0.39 is 0 Å². The van der Waals surface area contributed by atoms with Gasteiger partial charge in [-0.2, -0.15) is 5.26 Å². The van der Waals surface area contributed by atoms with Crippen LogP contribution in [0.4, 0.5) is 10.5 Å².